The molecule has 260 valence electrons. The minimum atomic E-state index is -1.03. The van der Waals surface area contributed by atoms with Gasteiger partial charge < -0.3 is 15.2 Å². The van der Waals surface area contributed by atoms with Crippen LogP contribution in [-0.4, -0.2) is 35.6 Å². The highest BCUT2D eigenvalue weighted by Gasteiger charge is 2.14. The van der Waals surface area contributed by atoms with Gasteiger partial charge in [0.1, 0.15) is 12.6 Å². The number of amides is 1. The second kappa shape index (κ2) is 34.5. The predicted molar refractivity (Wildman–Crippen MR) is 189 cm³/mol. The van der Waals surface area contributed by atoms with Crippen molar-refractivity contribution in [2.75, 3.05) is 6.54 Å². The summed E-state index contributed by atoms with van der Waals surface area (Å²) in [6.45, 7) is 4.07. The van der Waals surface area contributed by atoms with E-state index in [4.69, 9.17) is 9.84 Å². The SMILES string of the molecule is CCCCCCC/C=C\C/C=C\C/C=C\CCCCCCCCCCC(=O)OC(CCCC)CCCCCC(=O)NCC(=O)O. The van der Waals surface area contributed by atoms with Crippen molar-refractivity contribution < 1.29 is 24.2 Å². The first-order valence-corrected chi connectivity index (χ1v) is 18.6. The number of ether oxygens (including phenoxy) is 1. The second-order valence-electron chi connectivity index (χ2n) is 12.5. The molecule has 0 heterocycles. The standard InChI is InChI=1S/C39H69NO5/c1-3-5-7-8-9-10-11-12-13-14-15-16-17-18-19-20-21-22-23-24-25-26-30-34-39(44)45-36(31-6-4-2)32-28-27-29-33-37(41)40-35-38(42)43/h11-12,14-15,17-18,36H,3-10,13,16,19-35H2,1-2H3,(H,40,41)(H,42,43)/b12-11-,15-14-,18-17-. The highest BCUT2D eigenvalue weighted by Crippen LogP contribution is 2.17. The average molecular weight is 632 g/mol. The zero-order chi connectivity index (χ0) is 33.1. The summed E-state index contributed by atoms with van der Waals surface area (Å²) in [4.78, 5) is 34.5. The van der Waals surface area contributed by atoms with Crippen LogP contribution in [-0.2, 0) is 19.1 Å². The van der Waals surface area contributed by atoms with Gasteiger partial charge in [0.05, 0.1) is 0 Å². The summed E-state index contributed by atoms with van der Waals surface area (Å²) in [6, 6.07) is 0. The van der Waals surface area contributed by atoms with Crippen molar-refractivity contribution in [3.8, 4) is 0 Å². The zero-order valence-corrected chi connectivity index (χ0v) is 29.2. The number of aliphatic carboxylic acids is 1. The molecule has 2 N–H and O–H groups in total. The maximum atomic E-state index is 12.4. The molecule has 0 aliphatic carbocycles. The van der Waals surface area contributed by atoms with Gasteiger partial charge in [-0.05, 0) is 70.6 Å². The quantitative estimate of drug-likeness (QED) is 0.0427. The van der Waals surface area contributed by atoms with Crippen molar-refractivity contribution in [2.24, 2.45) is 0 Å². The Morgan fingerprint density at radius 3 is 1.62 bits per heavy atom. The van der Waals surface area contributed by atoms with Crippen molar-refractivity contribution in [1.82, 2.24) is 5.32 Å². The average Bonchev–Trinajstić information content (AvgIpc) is 3.02. The van der Waals surface area contributed by atoms with Gasteiger partial charge in [0, 0.05) is 12.8 Å². The number of carbonyl (C=O) groups is 3. The van der Waals surface area contributed by atoms with Crippen LogP contribution in [0.2, 0.25) is 0 Å². The molecule has 0 saturated carbocycles. The van der Waals surface area contributed by atoms with E-state index in [-0.39, 0.29) is 24.5 Å². The van der Waals surface area contributed by atoms with E-state index in [1.54, 1.807) is 0 Å². The highest BCUT2D eigenvalue weighted by atomic mass is 16.5. The van der Waals surface area contributed by atoms with Gasteiger partial charge in [0.15, 0.2) is 0 Å². The lowest BCUT2D eigenvalue weighted by atomic mass is 10.0. The maximum Gasteiger partial charge on any atom is 0.322 e. The molecule has 6 heteroatoms. The lowest BCUT2D eigenvalue weighted by molar-refractivity contribution is -0.150. The molecular weight excluding hydrogens is 562 g/mol. The van der Waals surface area contributed by atoms with Gasteiger partial charge in [-0.15, -0.1) is 0 Å². The van der Waals surface area contributed by atoms with Crippen LogP contribution in [0.3, 0.4) is 0 Å². The number of carbonyl (C=O) groups excluding carboxylic acids is 2. The Morgan fingerprint density at radius 2 is 1.04 bits per heavy atom. The molecule has 0 radical (unpaired) electrons. The number of carboxylic acid groups (broad SMARTS) is 1. The zero-order valence-electron chi connectivity index (χ0n) is 29.2. The number of carboxylic acids is 1. The van der Waals surface area contributed by atoms with Crippen LogP contribution < -0.4 is 5.32 Å². The van der Waals surface area contributed by atoms with E-state index in [1.807, 2.05) is 0 Å². The third-order valence-electron chi connectivity index (χ3n) is 8.06. The number of allylic oxidation sites excluding steroid dienone is 6. The molecule has 0 saturated heterocycles. The second-order valence-corrected chi connectivity index (χ2v) is 12.5. The van der Waals surface area contributed by atoms with E-state index in [0.29, 0.717) is 19.3 Å². The van der Waals surface area contributed by atoms with Crippen molar-refractivity contribution in [3.05, 3.63) is 36.5 Å². The highest BCUT2D eigenvalue weighted by molar-refractivity contribution is 5.80. The third-order valence-corrected chi connectivity index (χ3v) is 8.06. The lowest BCUT2D eigenvalue weighted by Gasteiger charge is -2.18. The van der Waals surface area contributed by atoms with Gasteiger partial charge in [0.25, 0.3) is 0 Å². The number of unbranched alkanes of at least 4 members (excludes halogenated alkanes) is 16. The summed E-state index contributed by atoms with van der Waals surface area (Å²) in [5, 5.41) is 11.0. The van der Waals surface area contributed by atoms with Crippen LogP contribution in [0.1, 0.15) is 181 Å². The van der Waals surface area contributed by atoms with Gasteiger partial charge in [-0.1, -0.05) is 134 Å². The fourth-order valence-corrected chi connectivity index (χ4v) is 5.27. The minimum Gasteiger partial charge on any atom is -0.480 e. The maximum absolute atomic E-state index is 12.4. The first-order valence-electron chi connectivity index (χ1n) is 18.6. The van der Waals surface area contributed by atoms with Gasteiger partial charge in [-0.25, -0.2) is 0 Å². The molecule has 0 spiro atoms. The van der Waals surface area contributed by atoms with Crippen molar-refractivity contribution in [3.63, 3.8) is 0 Å². The van der Waals surface area contributed by atoms with Gasteiger partial charge >= 0.3 is 11.9 Å². The Morgan fingerprint density at radius 1 is 0.578 bits per heavy atom. The first kappa shape index (κ1) is 42.6. The largest absolute Gasteiger partial charge is 0.480 e. The van der Waals surface area contributed by atoms with Crippen LogP contribution in [0.4, 0.5) is 0 Å². The third kappa shape index (κ3) is 34.3. The smallest absolute Gasteiger partial charge is 0.322 e. The Labute approximate surface area is 276 Å². The molecule has 45 heavy (non-hydrogen) atoms. The molecule has 1 atom stereocenters. The Kier molecular flexibility index (Phi) is 32.7. The Balaban J connectivity index is 3.68. The summed E-state index contributed by atoms with van der Waals surface area (Å²) in [5.41, 5.74) is 0. The molecule has 0 aromatic heterocycles. The topological polar surface area (TPSA) is 92.7 Å². The van der Waals surface area contributed by atoms with Crippen LogP contribution in [0.5, 0.6) is 0 Å². The molecule has 0 aromatic rings. The van der Waals surface area contributed by atoms with Crippen molar-refractivity contribution in [1.29, 1.82) is 0 Å². The normalized spacial score (nSPS) is 12.4. The van der Waals surface area contributed by atoms with Crippen LogP contribution in [0, 0.1) is 0 Å². The monoisotopic (exact) mass is 632 g/mol. The summed E-state index contributed by atoms with van der Waals surface area (Å²) in [5.74, 6) is -1.33. The minimum absolute atomic E-state index is 0.0356. The number of hydrogen-bond donors (Lipinski definition) is 2. The Hall–Kier alpha value is -2.37. The van der Waals surface area contributed by atoms with Crippen molar-refractivity contribution >= 4 is 17.8 Å². The van der Waals surface area contributed by atoms with E-state index in [0.717, 1.165) is 64.2 Å². The van der Waals surface area contributed by atoms with E-state index in [1.165, 1.54) is 83.5 Å². The summed E-state index contributed by atoms with van der Waals surface area (Å²) in [6.07, 6.45) is 41.8. The van der Waals surface area contributed by atoms with Crippen LogP contribution in [0.25, 0.3) is 0 Å². The van der Waals surface area contributed by atoms with Gasteiger partial charge in [0.2, 0.25) is 5.91 Å². The van der Waals surface area contributed by atoms with Crippen LogP contribution in [0.15, 0.2) is 36.5 Å². The van der Waals surface area contributed by atoms with E-state index >= 15 is 0 Å². The summed E-state index contributed by atoms with van der Waals surface area (Å²) >= 11 is 0. The number of esters is 1. The molecule has 6 nitrogen and oxygen atoms in total. The van der Waals surface area contributed by atoms with E-state index in [9.17, 15) is 14.4 Å². The number of rotatable bonds is 33. The molecule has 1 unspecified atom stereocenters. The summed E-state index contributed by atoms with van der Waals surface area (Å²) < 4.78 is 5.80. The molecule has 0 fully saturated rings. The number of nitrogens with one attached hydrogen (secondary N) is 1. The molecular formula is C39H69NO5. The van der Waals surface area contributed by atoms with Crippen LogP contribution >= 0.6 is 0 Å². The summed E-state index contributed by atoms with van der Waals surface area (Å²) in [7, 11) is 0. The molecule has 0 aliphatic rings. The number of hydrogen-bond acceptors (Lipinski definition) is 4. The fourth-order valence-electron chi connectivity index (χ4n) is 5.27. The van der Waals surface area contributed by atoms with Gasteiger partial charge in [-0.2, -0.15) is 0 Å². The molecule has 1 amide bonds. The molecule has 0 aromatic carbocycles. The lowest BCUT2D eigenvalue weighted by Crippen LogP contribution is -2.28. The van der Waals surface area contributed by atoms with Gasteiger partial charge in [-0.3, -0.25) is 14.4 Å². The molecule has 0 rings (SSSR count). The first-order chi connectivity index (χ1) is 22.0. The fraction of sp³-hybridized carbons (Fsp3) is 0.769. The Bertz CT molecular complexity index is 788. The molecule has 0 bridgehead atoms. The van der Waals surface area contributed by atoms with E-state index in [2.05, 4.69) is 55.6 Å². The van der Waals surface area contributed by atoms with E-state index < -0.39 is 5.97 Å². The molecule has 0 aliphatic heterocycles. The van der Waals surface area contributed by atoms with Crippen molar-refractivity contribution in [2.45, 2.75) is 187 Å². The predicted octanol–water partition coefficient (Wildman–Crippen LogP) is 10.9.